The van der Waals surface area contributed by atoms with Crippen LogP contribution < -0.4 is 10.6 Å². The van der Waals surface area contributed by atoms with Gasteiger partial charge in [-0.25, -0.2) is 14.0 Å². The van der Waals surface area contributed by atoms with Crippen molar-refractivity contribution in [1.29, 1.82) is 0 Å². The van der Waals surface area contributed by atoms with Gasteiger partial charge in [-0.2, -0.15) is 0 Å². The van der Waals surface area contributed by atoms with Gasteiger partial charge in [0.1, 0.15) is 5.82 Å². The number of carbonyl (C=O) groups is 2. The number of carbonyl (C=O) groups excluding carboxylic acids is 1. The summed E-state index contributed by atoms with van der Waals surface area (Å²) in [6.45, 7) is 2.61. The van der Waals surface area contributed by atoms with E-state index in [0.717, 1.165) is 18.9 Å². The summed E-state index contributed by atoms with van der Waals surface area (Å²) in [7, 11) is 0. The number of nitrogens with one attached hydrogen (secondary N) is 2. The molecule has 2 amide bonds. The summed E-state index contributed by atoms with van der Waals surface area (Å²) in [5.74, 6) is -1.98. The maximum absolute atomic E-state index is 13.6. The Morgan fingerprint density at radius 1 is 1.42 bits per heavy atom. The Bertz CT molecular complexity index is 527. The van der Waals surface area contributed by atoms with Gasteiger partial charge in [-0.05, 0) is 36.5 Å². The van der Waals surface area contributed by atoms with Gasteiger partial charge in [-0.1, -0.05) is 6.92 Å². The van der Waals surface area contributed by atoms with Crippen LogP contribution in [0.1, 0.15) is 30.1 Å². The first-order valence-electron chi connectivity index (χ1n) is 5.97. The largest absolute Gasteiger partial charge is 0.478 e. The Kier molecular flexibility index (Phi) is 3.42. The predicted molar refractivity (Wildman–Crippen MR) is 67.7 cm³/mol. The van der Waals surface area contributed by atoms with Crippen molar-refractivity contribution in [3.05, 3.63) is 29.6 Å². The Hall–Kier alpha value is -2.11. The van der Waals surface area contributed by atoms with Crippen LogP contribution in [0.25, 0.3) is 0 Å². The second-order valence-corrected chi connectivity index (χ2v) is 5.12. The normalized spacial score (nSPS) is 15.7. The van der Waals surface area contributed by atoms with E-state index in [1.807, 2.05) is 0 Å². The van der Waals surface area contributed by atoms with Crippen LogP contribution in [0.2, 0.25) is 0 Å². The Labute approximate surface area is 109 Å². The lowest BCUT2D eigenvalue weighted by Gasteiger charge is -2.11. The number of carboxylic acids is 1. The van der Waals surface area contributed by atoms with Crippen molar-refractivity contribution < 1.29 is 19.1 Å². The zero-order chi connectivity index (χ0) is 14.0. The molecule has 0 saturated heterocycles. The average molecular weight is 266 g/mol. The van der Waals surface area contributed by atoms with E-state index < -0.39 is 17.8 Å². The zero-order valence-electron chi connectivity index (χ0n) is 10.5. The minimum absolute atomic E-state index is 0.0385. The fourth-order valence-electron chi connectivity index (χ4n) is 1.60. The number of aromatic carboxylic acids is 1. The second-order valence-electron chi connectivity index (χ2n) is 5.12. The summed E-state index contributed by atoms with van der Waals surface area (Å²) < 4.78 is 13.6. The number of rotatable bonds is 4. The second kappa shape index (κ2) is 4.87. The first-order chi connectivity index (χ1) is 8.89. The van der Waals surface area contributed by atoms with Gasteiger partial charge in [0.2, 0.25) is 0 Å². The molecule has 2 rings (SSSR count). The third kappa shape index (κ3) is 3.43. The number of urea groups is 1. The van der Waals surface area contributed by atoms with Gasteiger partial charge in [0, 0.05) is 6.54 Å². The maximum Gasteiger partial charge on any atom is 0.335 e. The molecule has 0 heterocycles. The average Bonchev–Trinajstić information content (AvgIpc) is 3.08. The summed E-state index contributed by atoms with van der Waals surface area (Å²) in [5.41, 5.74) is -0.0272. The molecule has 1 aliphatic rings. The highest BCUT2D eigenvalue weighted by molar-refractivity contribution is 5.91. The van der Waals surface area contributed by atoms with Gasteiger partial charge in [0.05, 0.1) is 11.3 Å². The Morgan fingerprint density at radius 3 is 2.63 bits per heavy atom. The summed E-state index contributed by atoms with van der Waals surface area (Å²) in [6, 6.07) is 2.86. The molecule has 0 spiro atoms. The van der Waals surface area contributed by atoms with Gasteiger partial charge in [0.15, 0.2) is 0 Å². The van der Waals surface area contributed by atoms with Crippen molar-refractivity contribution in [2.45, 2.75) is 19.8 Å². The Morgan fingerprint density at radius 2 is 2.11 bits per heavy atom. The van der Waals surface area contributed by atoms with E-state index in [2.05, 4.69) is 17.6 Å². The molecule has 0 atom stereocenters. The minimum Gasteiger partial charge on any atom is -0.478 e. The van der Waals surface area contributed by atoms with Crippen LogP contribution in [-0.4, -0.2) is 23.7 Å². The fraction of sp³-hybridized carbons (Fsp3) is 0.385. The Balaban J connectivity index is 1.94. The highest BCUT2D eigenvalue weighted by atomic mass is 19.1. The summed E-state index contributed by atoms with van der Waals surface area (Å²) in [4.78, 5) is 22.2. The smallest absolute Gasteiger partial charge is 0.335 e. The lowest BCUT2D eigenvalue weighted by atomic mass is 10.1. The van der Waals surface area contributed by atoms with Crippen LogP contribution in [0.15, 0.2) is 18.2 Å². The van der Waals surface area contributed by atoms with E-state index >= 15 is 0 Å². The van der Waals surface area contributed by atoms with E-state index in [0.29, 0.717) is 6.54 Å². The maximum atomic E-state index is 13.6. The van der Waals surface area contributed by atoms with Crippen molar-refractivity contribution >= 4 is 17.7 Å². The monoisotopic (exact) mass is 266 g/mol. The van der Waals surface area contributed by atoms with E-state index in [1.165, 1.54) is 12.1 Å². The van der Waals surface area contributed by atoms with Gasteiger partial charge < -0.3 is 15.7 Å². The topological polar surface area (TPSA) is 78.4 Å². The molecule has 1 fully saturated rings. The number of hydrogen-bond donors (Lipinski definition) is 3. The molecule has 3 N–H and O–H groups in total. The van der Waals surface area contributed by atoms with Gasteiger partial charge in [0.25, 0.3) is 0 Å². The quantitative estimate of drug-likeness (QED) is 0.783. The third-order valence-electron chi connectivity index (χ3n) is 3.24. The van der Waals surface area contributed by atoms with Crippen LogP contribution in [0.5, 0.6) is 0 Å². The van der Waals surface area contributed by atoms with Crippen molar-refractivity contribution in [3.8, 4) is 0 Å². The van der Waals surface area contributed by atoms with Gasteiger partial charge in [-0.3, -0.25) is 0 Å². The van der Waals surface area contributed by atoms with Crippen molar-refractivity contribution in [3.63, 3.8) is 0 Å². The highest BCUT2D eigenvalue weighted by Gasteiger charge is 2.37. The SMILES string of the molecule is CC1(CNC(=O)Nc2ccc(C(=O)O)cc2F)CC1. The molecule has 1 aliphatic carbocycles. The first kappa shape index (κ1) is 13.3. The predicted octanol–water partition coefficient (Wildman–Crippen LogP) is 2.45. The standard InChI is InChI=1S/C13H15FN2O3/c1-13(4-5-13)7-15-12(19)16-10-3-2-8(11(17)18)6-9(10)14/h2-3,6H,4-5,7H2,1H3,(H,17,18)(H2,15,16,19). The molecule has 102 valence electrons. The molecule has 1 saturated carbocycles. The number of hydrogen-bond acceptors (Lipinski definition) is 2. The molecule has 0 aliphatic heterocycles. The molecule has 6 heteroatoms. The number of amides is 2. The number of benzene rings is 1. The third-order valence-corrected chi connectivity index (χ3v) is 3.24. The molecule has 0 aromatic heterocycles. The number of anilines is 1. The zero-order valence-corrected chi connectivity index (χ0v) is 10.5. The molecule has 19 heavy (non-hydrogen) atoms. The molecule has 5 nitrogen and oxygen atoms in total. The van der Waals surface area contributed by atoms with E-state index in [-0.39, 0.29) is 16.7 Å². The van der Waals surface area contributed by atoms with Crippen LogP contribution in [0, 0.1) is 11.2 Å². The van der Waals surface area contributed by atoms with E-state index in [1.54, 1.807) is 0 Å². The lowest BCUT2D eigenvalue weighted by molar-refractivity contribution is 0.0696. The molecule has 0 radical (unpaired) electrons. The molecular weight excluding hydrogens is 251 g/mol. The minimum atomic E-state index is -1.21. The molecule has 1 aromatic carbocycles. The molecular formula is C13H15FN2O3. The van der Waals surface area contributed by atoms with Crippen LogP contribution in [-0.2, 0) is 0 Å². The van der Waals surface area contributed by atoms with Crippen molar-refractivity contribution in [1.82, 2.24) is 5.32 Å². The lowest BCUT2D eigenvalue weighted by Crippen LogP contribution is -2.33. The summed E-state index contributed by atoms with van der Waals surface area (Å²) in [6.07, 6.45) is 2.16. The highest BCUT2D eigenvalue weighted by Crippen LogP contribution is 2.43. The van der Waals surface area contributed by atoms with Crippen LogP contribution in [0.3, 0.4) is 0 Å². The van der Waals surface area contributed by atoms with Crippen LogP contribution >= 0.6 is 0 Å². The number of carboxylic acid groups (broad SMARTS) is 1. The van der Waals surface area contributed by atoms with Crippen LogP contribution in [0.4, 0.5) is 14.9 Å². The van der Waals surface area contributed by atoms with Crippen molar-refractivity contribution in [2.75, 3.05) is 11.9 Å². The molecule has 0 unspecified atom stereocenters. The molecule has 0 bridgehead atoms. The summed E-state index contributed by atoms with van der Waals surface area (Å²) >= 11 is 0. The van der Waals surface area contributed by atoms with E-state index in [9.17, 15) is 14.0 Å². The number of halogens is 1. The van der Waals surface area contributed by atoms with Gasteiger partial charge in [-0.15, -0.1) is 0 Å². The van der Waals surface area contributed by atoms with Crippen molar-refractivity contribution in [2.24, 2.45) is 5.41 Å². The van der Waals surface area contributed by atoms with Gasteiger partial charge >= 0.3 is 12.0 Å². The summed E-state index contributed by atoms with van der Waals surface area (Å²) in [5, 5.41) is 13.7. The molecule has 1 aromatic rings. The van der Waals surface area contributed by atoms with E-state index in [4.69, 9.17) is 5.11 Å². The fourth-order valence-corrected chi connectivity index (χ4v) is 1.60. The first-order valence-corrected chi connectivity index (χ1v) is 5.97.